The molecule has 0 aliphatic heterocycles. The van der Waals surface area contributed by atoms with Crippen molar-refractivity contribution in [2.75, 3.05) is 6.61 Å². The molecule has 0 aliphatic carbocycles. The maximum Gasteiger partial charge on any atom is 0.416 e. The minimum atomic E-state index is -4.37. The highest BCUT2D eigenvalue weighted by atomic mass is 32.1. The molecule has 4 nitrogen and oxygen atoms in total. The monoisotopic (exact) mass is 380 g/mol. The van der Waals surface area contributed by atoms with Gasteiger partial charge in [0.15, 0.2) is 0 Å². The van der Waals surface area contributed by atoms with Crippen molar-refractivity contribution in [2.45, 2.75) is 19.6 Å². The number of benzene rings is 1. The summed E-state index contributed by atoms with van der Waals surface area (Å²) in [6, 6.07) is 8.87. The molecule has 2 heterocycles. The average molecular weight is 380 g/mol. The van der Waals surface area contributed by atoms with E-state index in [-0.39, 0.29) is 6.61 Å². The van der Waals surface area contributed by atoms with E-state index in [2.05, 4.69) is 5.10 Å². The fraction of sp³-hybridized carbons (Fsp3) is 0.222. The molecule has 0 radical (unpaired) electrons. The van der Waals surface area contributed by atoms with Gasteiger partial charge in [0.1, 0.15) is 0 Å². The standard InChI is InChI=1S/C18H15F3N2O2S/c1-2-25-17(24)13-9-22-23(10-13)11-15-6-7-16(26-15)12-4-3-5-14(8-12)18(19,20)21/h3-10H,2,11H2,1H3. The maximum absolute atomic E-state index is 12.9. The van der Waals surface area contributed by atoms with E-state index in [0.717, 1.165) is 21.9 Å². The molecule has 0 fully saturated rings. The van der Waals surface area contributed by atoms with E-state index < -0.39 is 17.7 Å². The summed E-state index contributed by atoms with van der Waals surface area (Å²) in [5.41, 5.74) is 0.210. The second kappa shape index (κ2) is 7.33. The fourth-order valence-corrected chi connectivity index (χ4v) is 3.39. The summed E-state index contributed by atoms with van der Waals surface area (Å²) in [5.74, 6) is -0.436. The molecule has 2 aromatic heterocycles. The van der Waals surface area contributed by atoms with Gasteiger partial charge in [-0.05, 0) is 36.8 Å². The molecule has 3 aromatic rings. The SMILES string of the molecule is CCOC(=O)c1cnn(Cc2ccc(-c3cccc(C(F)(F)F)c3)s2)c1. The molecule has 0 saturated carbocycles. The van der Waals surface area contributed by atoms with Crippen LogP contribution in [-0.4, -0.2) is 22.4 Å². The third kappa shape index (κ3) is 4.13. The van der Waals surface area contributed by atoms with E-state index in [0.29, 0.717) is 17.7 Å². The topological polar surface area (TPSA) is 44.1 Å². The lowest BCUT2D eigenvalue weighted by molar-refractivity contribution is -0.137. The lowest BCUT2D eigenvalue weighted by Crippen LogP contribution is -2.04. The Balaban J connectivity index is 1.76. The molecule has 8 heteroatoms. The summed E-state index contributed by atoms with van der Waals surface area (Å²) in [6.45, 7) is 2.43. The second-order valence-electron chi connectivity index (χ2n) is 5.49. The highest BCUT2D eigenvalue weighted by Crippen LogP contribution is 2.34. The van der Waals surface area contributed by atoms with Crippen LogP contribution in [0.25, 0.3) is 10.4 Å². The van der Waals surface area contributed by atoms with Gasteiger partial charge in [-0.15, -0.1) is 11.3 Å². The van der Waals surface area contributed by atoms with E-state index in [9.17, 15) is 18.0 Å². The van der Waals surface area contributed by atoms with Crippen LogP contribution in [0.5, 0.6) is 0 Å². The van der Waals surface area contributed by atoms with Crippen molar-refractivity contribution in [1.82, 2.24) is 9.78 Å². The first-order valence-corrected chi connectivity index (χ1v) is 8.64. The van der Waals surface area contributed by atoms with Gasteiger partial charge in [-0.1, -0.05) is 12.1 Å². The Kier molecular flexibility index (Phi) is 5.13. The highest BCUT2D eigenvalue weighted by molar-refractivity contribution is 7.15. The number of alkyl halides is 3. The molecule has 0 unspecified atom stereocenters. The van der Waals surface area contributed by atoms with Crippen LogP contribution in [0.4, 0.5) is 13.2 Å². The van der Waals surface area contributed by atoms with Crippen molar-refractivity contribution in [3.63, 3.8) is 0 Å². The van der Waals surface area contributed by atoms with Crippen LogP contribution in [0.3, 0.4) is 0 Å². The number of esters is 1. The highest BCUT2D eigenvalue weighted by Gasteiger charge is 2.30. The van der Waals surface area contributed by atoms with E-state index >= 15 is 0 Å². The Hall–Kier alpha value is -2.61. The average Bonchev–Trinajstić information content (AvgIpc) is 3.25. The van der Waals surface area contributed by atoms with Gasteiger partial charge in [0.25, 0.3) is 0 Å². The smallest absolute Gasteiger partial charge is 0.416 e. The van der Waals surface area contributed by atoms with Gasteiger partial charge in [-0.2, -0.15) is 18.3 Å². The van der Waals surface area contributed by atoms with Crippen molar-refractivity contribution in [1.29, 1.82) is 0 Å². The lowest BCUT2D eigenvalue weighted by Gasteiger charge is -2.07. The maximum atomic E-state index is 12.9. The van der Waals surface area contributed by atoms with Crippen molar-refractivity contribution in [3.05, 3.63) is 64.8 Å². The Bertz CT molecular complexity index is 915. The molecule has 0 bridgehead atoms. The van der Waals surface area contributed by atoms with Crippen molar-refractivity contribution >= 4 is 17.3 Å². The Labute approximate surface area is 151 Å². The van der Waals surface area contributed by atoms with Crippen LogP contribution in [0.1, 0.15) is 27.7 Å². The van der Waals surface area contributed by atoms with Gasteiger partial charge in [0.2, 0.25) is 0 Å². The number of aromatic nitrogens is 2. The Morgan fingerprint density at radius 2 is 2.08 bits per heavy atom. The van der Waals surface area contributed by atoms with Gasteiger partial charge in [0, 0.05) is 16.0 Å². The third-order valence-electron chi connectivity index (χ3n) is 3.60. The minimum absolute atomic E-state index is 0.287. The van der Waals surface area contributed by atoms with E-state index in [1.165, 1.54) is 23.6 Å². The number of hydrogen-bond donors (Lipinski definition) is 0. The first kappa shape index (κ1) is 18.2. The molecule has 0 aliphatic rings. The number of carbonyl (C=O) groups excluding carboxylic acids is 1. The summed E-state index contributed by atoms with van der Waals surface area (Å²) in [7, 11) is 0. The van der Waals surface area contributed by atoms with Crippen LogP contribution >= 0.6 is 11.3 Å². The summed E-state index contributed by atoms with van der Waals surface area (Å²) in [6.07, 6.45) is -1.35. The van der Waals surface area contributed by atoms with Crippen molar-refractivity contribution in [3.8, 4) is 10.4 Å². The van der Waals surface area contributed by atoms with E-state index in [1.54, 1.807) is 29.9 Å². The number of nitrogens with zero attached hydrogens (tertiary/aromatic N) is 2. The number of thiophene rings is 1. The van der Waals surface area contributed by atoms with Crippen LogP contribution in [-0.2, 0) is 17.5 Å². The fourth-order valence-electron chi connectivity index (χ4n) is 2.40. The Morgan fingerprint density at radius 3 is 2.81 bits per heavy atom. The van der Waals surface area contributed by atoms with Crippen LogP contribution in [0, 0.1) is 0 Å². The normalized spacial score (nSPS) is 11.5. The summed E-state index contributed by atoms with van der Waals surface area (Å²) < 4.78 is 45.1. The number of halogens is 3. The quantitative estimate of drug-likeness (QED) is 0.594. The Morgan fingerprint density at radius 1 is 1.27 bits per heavy atom. The molecule has 136 valence electrons. The molecule has 0 saturated heterocycles. The molecular formula is C18H15F3N2O2S. The largest absolute Gasteiger partial charge is 0.462 e. The second-order valence-corrected chi connectivity index (χ2v) is 6.66. The number of carbonyl (C=O) groups is 1. The van der Waals surface area contributed by atoms with E-state index in [4.69, 9.17) is 4.74 Å². The predicted molar refractivity (Wildman–Crippen MR) is 92.0 cm³/mol. The van der Waals surface area contributed by atoms with Crippen LogP contribution in [0.15, 0.2) is 48.8 Å². The minimum Gasteiger partial charge on any atom is -0.462 e. The lowest BCUT2D eigenvalue weighted by atomic mass is 10.1. The van der Waals surface area contributed by atoms with Crippen molar-refractivity contribution < 1.29 is 22.7 Å². The van der Waals surface area contributed by atoms with Gasteiger partial charge in [-0.3, -0.25) is 4.68 Å². The van der Waals surface area contributed by atoms with Gasteiger partial charge in [-0.25, -0.2) is 4.79 Å². The number of hydrogen-bond acceptors (Lipinski definition) is 4. The van der Waals surface area contributed by atoms with Gasteiger partial charge in [0.05, 0.1) is 30.5 Å². The molecule has 1 aromatic carbocycles. The summed E-state index contributed by atoms with van der Waals surface area (Å²) in [4.78, 5) is 13.3. The van der Waals surface area contributed by atoms with E-state index in [1.807, 2.05) is 6.07 Å². The zero-order chi connectivity index (χ0) is 18.7. The predicted octanol–water partition coefficient (Wildman–Crippen LogP) is 4.86. The molecule has 0 amide bonds. The van der Waals surface area contributed by atoms with Gasteiger partial charge >= 0.3 is 12.1 Å². The number of ether oxygens (including phenoxy) is 1. The third-order valence-corrected chi connectivity index (χ3v) is 4.72. The van der Waals surface area contributed by atoms with Crippen molar-refractivity contribution in [2.24, 2.45) is 0 Å². The zero-order valence-electron chi connectivity index (χ0n) is 13.8. The molecule has 26 heavy (non-hydrogen) atoms. The molecule has 0 atom stereocenters. The van der Waals surface area contributed by atoms with Gasteiger partial charge < -0.3 is 4.74 Å². The zero-order valence-corrected chi connectivity index (χ0v) is 14.6. The number of rotatable bonds is 5. The van der Waals surface area contributed by atoms with Crippen LogP contribution < -0.4 is 0 Å². The first-order valence-electron chi connectivity index (χ1n) is 7.82. The molecular weight excluding hydrogens is 365 g/mol. The molecule has 3 rings (SSSR count). The molecule has 0 N–H and O–H groups in total. The molecule has 0 spiro atoms. The summed E-state index contributed by atoms with van der Waals surface area (Å²) >= 11 is 1.38. The summed E-state index contributed by atoms with van der Waals surface area (Å²) in [5, 5.41) is 4.12. The first-order chi connectivity index (χ1) is 12.4. The van der Waals surface area contributed by atoms with Crippen LogP contribution in [0.2, 0.25) is 0 Å².